The minimum atomic E-state index is -4.38. The zero-order valence-corrected chi connectivity index (χ0v) is 11.4. The fourth-order valence-electron chi connectivity index (χ4n) is 1.88. The molecule has 8 heteroatoms. The lowest BCUT2D eigenvalue weighted by atomic mass is 10.1. The summed E-state index contributed by atoms with van der Waals surface area (Å²) in [5.41, 5.74) is 0.736. The SMILES string of the molecule is O=C(CC(O)c1ccccc1)Nc1cnn(CC(F)(F)F)c1. The van der Waals surface area contributed by atoms with Gasteiger partial charge in [0, 0.05) is 6.20 Å². The smallest absolute Gasteiger partial charge is 0.388 e. The highest BCUT2D eigenvalue weighted by Crippen LogP contribution is 2.19. The number of amides is 1. The van der Waals surface area contributed by atoms with Crippen molar-refractivity contribution in [2.24, 2.45) is 0 Å². The van der Waals surface area contributed by atoms with E-state index < -0.39 is 24.7 Å². The number of nitrogens with zero attached hydrogens (tertiary/aromatic N) is 2. The Bertz CT molecular complexity index is 626. The van der Waals surface area contributed by atoms with Gasteiger partial charge in [-0.15, -0.1) is 0 Å². The van der Waals surface area contributed by atoms with Crippen molar-refractivity contribution in [1.29, 1.82) is 0 Å². The van der Waals surface area contributed by atoms with E-state index in [-0.39, 0.29) is 12.1 Å². The molecule has 5 nitrogen and oxygen atoms in total. The maximum atomic E-state index is 12.2. The summed E-state index contributed by atoms with van der Waals surface area (Å²) in [5, 5.41) is 15.8. The van der Waals surface area contributed by atoms with Crippen LogP contribution in [-0.4, -0.2) is 27.0 Å². The molecule has 2 rings (SSSR count). The molecule has 1 atom stereocenters. The number of benzene rings is 1. The van der Waals surface area contributed by atoms with Crippen LogP contribution in [0.5, 0.6) is 0 Å². The number of aromatic nitrogens is 2. The number of rotatable bonds is 5. The molecule has 0 spiro atoms. The second-order valence-corrected chi connectivity index (χ2v) is 4.72. The van der Waals surface area contributed by atoms with E-state index in [9.17, 15) is 23.1 Å². The second kappa shape index (κ2) is 6.61. The van der Waals surface area contributed by atoms with Gasteiger partial charge in [0.15, 0.2) is 0 Å². The molecule has 0 saturated carbocycles. The Labute approximate surface area is 124 Å². The van der Waals surface area contributed by atoms with Gasteiger partial charge in [-0.1, -0.05) is 30.3 Å². The number of halogens is 3. The zero-order chi connectivity index (χ0) is 16.2. The van der Waals surface area contributed by atoms with Crippen LogP contribution in [0, 0.1) is 0 Å². The molecule has 0 aliphatic carbocycles. The third-order valence-electron chi connectivity index (χ3n) is 2.82. The monoisotopic (exact) mass is 313 g/mol. The normalized spacial score (nSPS) is 12.9. The van der Waals surface area contributed by atoms with Gasteiger partial charge in [0.25, 0.3) is 0 Å². The number of hydrogen-bond acceptors (Lipinski definition) is 3. The molecule has 0 bridgehead atoms. The van der Waals surface area contributed by atoms with Crippen molar-refractivity contribution < 1.29 is 23.1 Å². The van der Waals surface area contributed by atoms with E-state index in [1.54, 1.807) is 30.3 Å². The van der Waals surface area contributed by atoms with Crippen LogP contribution in [0.1, 0.15) is 18.1 Å². The number of alkyl halides is 3. The van der Waals surface area contributed by atoms with E-state index >= 15 is 0 Å². The van der Waals surface area contributed by atoms with Crippen LogP contribution in [0.25, 0.3) is 0 Å². The van der Waals surface area contributed by atoms with E-state index in [1.165, 1.54) is 0 Å². The molecule has 0 aliphatic rings. The van der Waals surface area contributed by atoms with Gasteiger partial charge in [0.1, 0.15) is 6.54 Å². The summed E-state index contributed by atoms with van der Waals surface area (Å²) in [6.07, 6.45) is -3.35. The molecule has 1 amide bonds. The summed E-state index contributed by atoms with van der Waals surface area (Å²) in [6, 6.07) is 8.61. The molecule has 118 valence electrons. The van der Waals surface area contributed by atoms with E-state index in [0.717, 1.165) is 12.4 Å². The summed E-state index contributed by atoms with van der Waals surface area (Å²) in [5.74, 6) is -0.511. The maximum absolute atomic E-state index is 12.2. The number of nitrogens with one attached hydrogen (secondary N) is 1. The highest BCUT2D eigenvalue weighted by atomic mass is 19.4. The Kier molecular flexibility index (Phi) is 4.81. The molecule has 0 fully saturated rings. The number of aliphatic hydroxyl groups excluding tert-OH is 1. The number of carbonyl (C=O) groups is 1. The van der Waals surface area contributed by atoms with Crippen LogP contribution in [0.15, 0.2) is 42.7 Å². The topological polar surface area (TPSA) is 67.2 Å². The van der Waals surface area contributed by atoms with E-state index in [4.69, 9.17) is 0 Å². The van der Waals surface area contributed by atoms with Crippen molar-refractivity contribution in [3.63, 3.8) is 0 Å². The molecule has 0 radical (unpaired) electrons. The lowest BCUT2D eigenvalue weighted by molar-refractivity contribution is -0.142. The molecular formula is C14H14F3N3O2. The van der Waals surface area contributed by atoms with Crippen molar-refractivity contribution in [1.82, 2.24) is 9.78 Å². The molecule has 0 saturated heterocycles. The summed E-state index contributed by atoms with van der Waals surface area (Å²) < 4.78 is 37.3. The highest BCUT2D eigenvalue weighted by molar-refractivity contribution is 5.90. The van der Waals surface area contributed by atoms with Gasteiger partial charge in [0.05, 0.1) is 24.4 Å². The molecule has 2 aromatic rings. The van der Waals surface area contributed by atoms with Crippen LogP contribution in [0.4, 0.5) is 18.9 Å². The van der Waals surface area contributed by atoms with Crippen LogP contribution in [0.2, 0.25) is 0 Å². The Hall–Kier alpha value is -2.35. The number of hydrogen-bond donors (Lipinski definition) is 2. The van der Waals surface area contributed by atoms with Gasteiger partial charge < -0.3 is 10.4 Å². The summed E-state index contributed by atoms with van der Waals surface area (Å²) >= 11 is 0. The number of anilines is 1. The lowest BCUT2D eigenvalue weighted by Gasteiger charge is -2.10. The van der Waals surface area contributed by atoms with Gasteiger partial charge in [-0.3, -0.25) is 9.48 Å². The third kappa shape index (κ3) is 4.88. The minimum absolute atomic E-state index is 0.148. The molecule has 1 aromatic carbocycles. The van der Waals surface area contributed by atoms with Crippen molar-refractivity contribution in [2.75, 3.05) is 5.32 Å². The summed E-state index contributed by atoms with van der Waals surface area (Å²) in [6.45, 7) is -1.23. The molecule has 22 heavy (non-hydrogen) atoms. The highest BCUT2D eigenvalue weighted by Gasteiger charge is 2.28. The quantitative estimate of drug-likeness (QED) is 0.891. The van der Waals surface area contributed by atoms with Crippen LogP contribution < -0.4 is 5.32 Å². The first kappa shape index (κ1) is 16.0. The fraction of sp³-hybridized carbons (Fsp3) is 0.286. The van der Waals surface area contributed by atoms with Crippen molar-refractivity contribution in [3.8, 4) is 0 Å². The largest absolute Gasteiger partial charge is 0.408 e. The zero-order valence-electron chi connectivity index (χ0n) is 11.4. The third-order valence-corrected chi connectivity index (χ3v) is 2.82. The first-order valence-corrected chi connectivity index (χ1v) is 6.45. The predicted octanol–water partition coefficient (Wildman–Crippen LogP) is 2.51. The first-order chi connectivity index (χ1) is 10.3. The number of carbonyl (C=O) groups excluding carboxylic acids is 1. The maximum Gasteiger partial charge on any atom is 0.408 e. The Balaban J connectivity index is 1.90. The summed E-state index contributed by atoms with van der Waals surface area (Å²) in [4.78, 5) is 11.8. The summed E-state index contributed by atoms with van der Waals surface area (Å²) in [7, 11) is 0. The molecule has 1 heterocycles. The molecule has 1 unspecified atom stereocenters. The van der Waals surface area contributed by atoms with Gasteiger partial charge in [-0.2, -0.15) is 18.3 Å². The first-order valence-electron chi connectivity index (χ1n) is 6.45. The van der Waals surface area contributed by atoms with Crippen molar-refractivity contribution in [3.05, 3.63) is 48.3 Å². The molecule has 0 aliphatic heterocycles. The van der Waals surface area contributed by atoms with Crippen LogP contribution in [0.3, 0.4) is 0 Å². The van der Waals surface area contributed by atoms with Gasteiger partial charge in [-0.05, 0) is 5.56 Å². The second-order valence-electron chi connectivity index (χ2n) is 4.72. The fourth-order valence-corrected chi connectivity index (χ4v) is 1.88. The average Bonchev–Trinajstić information content (AvgIpc) is 2.84. The van der Waals surface area contributed by atoms with E-state index in [1.807, 2.05) is 0 Å². The van der Waals surface area contributed by atoms with Crippen molar-refractivity contribution in [2.45, 2.75) is 25.2 Å². The van der Waals surface area contributed by atoms with Gasteiger partial charge in [-0.25, -0.2) is 0 Å². The molecule has 2 N–H and O–H groups in total. The van der Waals surface area contributed by atoms with Gasteiger partial charge in [0.2, 0.25) is 5.91 Å². The Morgan fingerprint density at radius 3 is 2.64 bits per heavy atom. The van der Waals surface area contributed by atoms with E-state index in [2.05, 4.69) is 10.4 Å². The lowest BCUT2D eigenvalue weighted by Crippen LogP contribution is -2.18. The Morgan fingerprint density at radius 2 is 2.00 bits per heavy atom. The Morgan fingerprint density at radius 1 is 1.32 bits per heavy atom. The van der Waals surface area contributed by atoms with Gasteiger partial charge >= 0.3 is 6.18 Å². The molecular weight excluding hydrogens is 299 g/mol. The van der Waals surface area contributed by atoms with E-state index in [0.29, 0.717) is 10.2 Å². The van der Waals surface area contributed by atoms with Crippen LogP contribution >= 0.6 is 0 Å². The van der Waals surface area contributed by atoms with Crippen molar-refractivity contribution >= 4 is 11.6 Å². The number of aliphatic hydroxyl groups is 1. The van der Waals surface area contributed by atoms with Crippen LogP contribution in [-0.2, 0) is 11.3 Å². The minimum Gasteiger partial charge on any atom is -0.388 e. The standard InChI is InChI=1S/C14H14F3N3O2/c15-14(16,17)9-20-8-11(7-18-20)19-13(22)6-12(21)10-4-2-1-3-5-10/h1-5,7-8,12,21H,6,9H2,(H,19,22). The molecule has 1 aromatic heterocycles. The average molecular weight is 313 g/mol. The predicted molar refractivity (Wildman–Crippen MR) is 72.9 cm³/mol.